The van der Waals surface area contributed by atoms with Crippen molar-refractivity contribution in [2.24, 2.45) is 0 Å². The van der Waals surface area contributed by atoms with Crippen LogP contribution in [-0.2, 0) is 0 Å². The monoisotopic (exact) mass is 264 g/mol. The molecule has 5 heteroatoms. The molecule has 1 aromatic rings. The van der Waals surface area contributed by atoms with Gasteiger partial charge in [-0.15, -0.1) is 0 Å². The van der Waals surface area contributed by atoms with Crippen molar-refractivity contribution in [1.29, 1.82) is 0 Å². The Bertz CT molecular complexity index is 429. The van der Waals surface area contributed by atoms with Crippen LogP contribution in [0.4, 0.5) is 17.6 Å². The molecule has 1 N–H and O–H groups in total. The van der Waals surface area contributed by atoms with Crippen molar-refractivity contribution in [2.45, 2.75) is 46.1 Å². The first-order valence-corrected chi connectivity index (χ1v) is 5.52. The summed E-state index contributed by atoms with van der Waals surface area (Å²) in [5.74, 6) is -4.45. The van der Waals surface area contributed by atoms with Gasteiger partial charge in [-0.2, -0.15) is 8.78 Å². The van der Waals surface area contributed by atoms with E-state index >= 15 is 0 Å². The van der Waals surface area contributed by atoms with Gasteiger partial charge in [-0.3, -0.25) is 0 Å². The zero-order valence-electron chi connectivity index (χ0n) is 10.7. The Labute approximate surface area is 103 Å². The van der Waals surface area contributed by atoms with Crippen molar-refractivity contribution in [1.82, 2.24) is 0 Å². The number of rotatable bonds is 3. The molecule has 0 radical (unpaired) electrons. The number of aliphatic hydroxyl groups excluding tert-OH is 1. The average Bonchev–Trinajstić information content (AvgIpc) is 2.26. The normalized spacial score (nSPS) is 14.1. The predicted octanol–water partition coefficient (Wildman–Crippen LogP) is 3.85. The Hall–Kier alpha value is -1.10. The summed E-state index contributed by atoms with van der Waals surface area (Å²) in [6.07, 6.45) is -6.39. The zero-order valence-corrected chi connectivity index (χ0v) is 10.7. The van der Waals surface area contributed by atoms with Crippen molar-refractivity contribution in [3.05, 3.63) is 33.9 Å². The Morgan fingerprint density at radius 3 is 1.72 bits per heavy atom. The highest BCUT2D eigenvalue weighted by Crippen LogP contribution is 2.40. The van der Waals surface area contributed by atoms with Gasteiger partial charge in [-0.1, -0.05) is 6.07 Å². The van der Waals surface area contributed by atoms with E-state index in [9.17, 15) is 22.7 Å². The first kappa shape index (κ1) is 15.0. The highest BCUT2D eigenvalue weighted by Gasteiger charge is 2.49. The highest BCUT2D eigenvalue weighted by atomic mass is 19.3. The van der Waals surface area contributed by atoms with Crippen LogP contribution in [0.1, 0.15) is 33.9 Å². The lowest BCUT2D eigenvalue weighted by Gasteiger charge is -2.26. The molecule has 0 amide bonds. The summed E-state index contributed by atoms with van der Waals surface area (Å²) >= 11 is 0. The van der Waals surface area contributed by atoms with E-state index < -0.39 is 18.5 Å². The van der Waals surface area contributed by atoms with Gasteiger partial charge >= 0.3 is 12.3 Å². The molecule has 0 heterocycles. The Morgan fingerprint density at radius 2 is 1.39 bits per heavy atom. The molecule has 0 aromatic heterocycles. The Balaban J connectivity index is 3.42. The van der Waals surface area contributed by atoms with E-state index in [0.29, 0.717) is 22.3 Å². The molecule has 0 spiro atoms. The van der Waals surface area contributed by atoms with Gasteiger partial charge < -0.3 is 5.11 Å². The van der Waals surface area contributed by atoms with Gasteiger partial charge in [0, 0.05) is 0 Å². The van der Waals surface area contributed by atoms with Crippen LogP contribution in [0.2, 0.25) is 0 Å². The number of halogens is 4. The van der Waals surface area contributed by atoms with Crippen LogP contribution in [0.15, 0.2) is 6.07 Å². The number of hydrogen-bond acceptors (Lipinski definition) is 1. The maximum absolute atomic E-state index is 13.2. The van der Waals surface area contributed by atoms with E-state index in [-0.39, 0.29) is 5.56 Å². The minimum Gasteiger partial charge on any atom is -0.382 e. The molecule has 1 aromatic carbocycles. The molecule has 18 heavy (non-hydrogen) atoms. The van der Waals surface area contributed by atoms with Crippen LogP contribution in [0.25, 0.3) is 0 Å². The number of aliphatic hydroxyl groups is 1. The smallest absolute Gasteiger partial charge is 0.336 e. The number of alkyl halides is 4. The van der Waals surface area contributed by atoms with E-state index in [0.717, 1.165) is 0 Å². The van der Waals surface area contributed by atoms with Gasteiger partial charge in [0.25, 0.3) is 0 Å². The minimum absolute atomic E-state index is 0.0993. The minimum atomic E-state index is -4.45. The molecule has 1 atom stereocenters. The van der Waals surface area contributed by atoms with Gasteiger partial charge in [0.05, 0.1) is 0 Å². The van der Waals surface area contributed by atoms with Crippen molar-refractivity contribution in [2.75, 3.05) is 0 Å². The first-order valence-electron chi connectivity index (χ1n) is 5.52. The third-order valence-corrected chi connectivity index (χ3v) is 3.35. The third-order valence-electron chi connectivity index (χ3n) is 3.35. The molecule has 0 aliphatic heterocycles. The summed E-state index contributed by atoms with van der Waals surface area (Å²) < 4.78 is 51.1. The molecule has 0 saturated heterocycles. The maximum atomic E-state index is 13.2. The fraction of sp³-hybridized carbons (Fsp3) is 0.538. The van der Waals surface area contributed by atoms with Crippen LogP contribution >= 0.6 is 0 Å². The van der Waals surface area contributed by atoms with E-state index in [1.165, 1.54) is 0 Å². The first-order chi connectivity index (χ1) is 8.10. The highest BCUT2D eigenvalue weighted by molar-refractivity contribution is 5.45. The topological polar surface area (TPSA) is 20.2 Å². The number of hydrogen-bond donors (Lipinski definition) is 1. The molecular weight excluding hydrogens is 248 g/mol. The zero-order chi connectivity index (χ0) is 14.2. The molecule has 0 bridgehead atoms. The molecular formula is C13H16F4O. The second-order valence-electron chi connectivity index (χ2n) is 4.55. The van der Waals surface area contributed by atoms with Crippen molar-refractivity contribution < 1.29 is 22.7 Å². The lowest BCUT2D eigenvalue weighted by Crippen LogP contribution is -2.35. The molecule has 1 unspecified atom stereocenters. The van der Waals surface area contributed by atoms with E-state index in [4.69, 9.17) is 0 Å². The Kier molecular flexibility index (Phi) is 4.05. The molecule has 102 valence electrons. The molecule has 1 rings (SSSR count). The van der Waals surface area contributed by atoms with E-state index in [1.54, 1.807) is 33.8 Å². The largest absolute Gasteiger partial charge is 0.382 e. The summed E-state index contributed by atoms with van der Waals surface area (Å²) in [4.78, 5) is 0. The SMILES string of the molecule is Cc1cc(C)c(C)c(C(O)C(F)(F)C(F)F)c1C. The van der Waals surface area contributed by atoms with Gasteiger partial charge in [0.1, 0.15) is 6.10 Å². The number of benzene rings is 1. The van der Waals surface area contributed by atoms with E-state index in [1.807, 2.05) is 0 Å². The summed E-state index contributed by atoms with van der Waals surface area (Å²) in [5, 5.41) is 9.60. The van der Waals surface area contributed by atoms with Gasteiger partial charge in [0.15, 0.2) is 0 Å². The number of aryl methyl sites for hydroxylation is 2. The second kappa shape index (κ2) is 4.88. The van der Waals surface area contributed by atoms with Crippen LogP contribution < -0.4 is 0 Å². The summed E-state index contributed by atoms with van der Waals surface area (Å²) in [7, 11) is 0. The van der Waals surface area contributed by atoms with Crippen LogP contribution in [0.3, 0.4) is 0 Å². The van der Waals surface area contributed by atoms with Crippen LogP contribution in [0, 0.1) is 27.7 Å². The average molecular weight is 264 g/mol. The lowest BCUT2D eigenvalue weighted by atomic mass is 9.89. The van der Waals surface area contributed by atoms with E-state index in [2.05, 4.69) is 0 Å². The fourth-order valence-corrected chi connectivity index (χ4v) is 1.97. The lowest BCUT2D eigenvalue weighted by molar-refractivity contribution is -0.194. The van der Waals surface area contributed by atoms with Gasteiger partial charge in [0.2, 0.25) is 0 Å². The molecule has 1 nitrogen and oxygen atoms in total. The van der Waals surface area contributed by atoms with Crippen LogP contribution in [-0.4, -0.2) is 17.5 Å². The van der Waals surface area contributed by atoms with Crippen molar-refractivity contribution in [3.63, 3.8) is 0 Å². The molecule has 0 saturated carbocycles. The summed E-state index contributed by atoms with van der Waals surface area (Å²) in [5.41, 5.74) is 2.13. The van der Waals surface area contributed by atoms with Crippen molar-refractivity contribution in [3.8, 4) is 0 Å². The third kappa shape index (κ3) is 2.36. The summed E-state index contributed by atoms with van der Waals surface area (Å²) in [6.45, 7) is 6.47. The predicted molar refractivity (Wildman–Crippen MR) is 61.3 cm³/mol. The molecule has 0 fully saturated rings. The molecule has 0 aliphatic rings. The standard InChI is InChI=1S/C13H16F4O/c1-6-5-7(2)9(4)10(8(6)3)11(18)13(16,17)12(14)15/h5,11-12,18H,1-4H3. The molecule has 0 aliphatic carbocycles. The van der Waals surface area contributed by atoms with Crippen molar-refractivity contribution >= 4 is 0 Å². The van der Waals surface area contributed by atoms with Gasteiger partial charge in [-0.25, -0.2) is 8.78 Å². The second-order valence-corrected chi connectivity index (χ2v) is 4.55. The quantitative estimate of drug-likeness (QED) is 0.822. The van der Waals surface area contributed by atoms with Gasteiger partial charge in [-0.05, 0) is 55.5 Å². The van der Waals surface area contributed by atoms with Crippen LogP contribution in [0.5, 0.6) is 0 Å². The fourth-order valence-electron chi connectivity index (χ4n) is 1.97. The Morgan fingerprint density at radius 1 is 1.00 bits per heavy atom. The maximum Gasteiger partial charge on any atom is 0.336 e. The summed E-state index contributed by atoms with van der Waals surface area (Å²) in [6, 6.07) is 1.78.